The molecule has 10 heavy (non-hydrogen) atoms. The van der Waals surface area contributed by atoms with Crippen LogP contribution in [0.25, 0.3) is 11.1 Å². The smallest absolute Gasteiger partial charge is 0.151 e. The van der Waals surface area contributed by atoms with Gasteiger partial charge in [-0.3, -0.25) is 0 Å². The summed E-state index contributed by atoms with van der Waals surface area (Å²) >= 11 is 10.4. The molecular formula is C7H8Cl2Si. The highest BCUT2D eigenvalue weighted by molar-refractivity contribution is 7.33. The third kappa shape index (κ3) is 2.73. The fraction of sp³-hybridized carbons (Fsp3) is 0.143. The van der Waals surface area contributed by atoms with Gasteiger partial charge in [0, 0.05) is 0 Å². The molecule has 2 rings (SSSR count). The second kappa shape index (κ2) is 3.42. The van der Waals surface area contributed by atoms with E-state index in [-0.39, 0.29) is 0 Å². The second-order valence-electron chi connectivity index (χ2n) is 2.10. The summed E-state index contributed by atoms with van der Waals surface area (Å²) in [6, 6.07) is 8.48. The van der Waals surface area contributed by atoms with Crippen molar-refractivity contribution in [2.75, 3.05) is 0 Å². The van der Waals surface area contributed by atoms with Gasteiger partial charge in [0.15, 0.2) is 0 Å². The maximum Gasteiger partial charge on any atom is 0.234 e. The van der Waals surface area contributed by atoms with Gasteiger partial charge in [0.25, 0.3) is 0 Å². The quantitative estimate of drug-likeness (QED) is 0.443. The number of rotatable bonds is 0. The molecule has 0 aromatic carbocycles. The minimum absolute atomic E-state index is 1.19. The largest absolute Gasteiger partial charge is 0.234 e. The zero-order chi connectivity index (χ0) is 7.56. The second-order valence-corrected chi connectivity index (χ2v) is 7.74. The Hall–Kier alpha value is 0.0169. The Labute approximate surface area is 71.8 Å². The number of hydrogen-bond donors (Lipinski definition) is 0. The average molecular weight is 191 g/mol. The topological polar surface area (TPSA) is 0 Å². The minimum atomic E-state index is -1.19. The summed E-state index contributed by atoms with van der Waals surface area (Å²) in [7, 11) is -1.19. The molecule has 0 aromatic heterocycles. The fourth-order valence-electron chi connectivity index (χ4n) is 0.676. The highest BCUT2D eigenvalue weighted by atomic mass is 35.7. The number of halogens is 2. The molecule has 0 nitrogen and oxygen atoms in total. The molecule has 0 aliphatic heterocycles. The predicted octanol–water partition coefficient (Wildman–Crippen LogP) is 2.98. The van der Waals surface area contributed by atoms with Crippen molar-refractivity contribution in [3.63, 3.8) is 0 Å². The molecule has 2 aliphatic carbocycles. The maximum atomic E-state index is 5.18. The van der Waals surface area contributed by atoms with Gasteiger partial charge in [-0.1, -0.05) is 18.2 Å². The monoisotopic (exact) mass is 190 g/mol. The van der Waals surface area contributed by atoms with Crippen LogP contribution < -0.4 is 0 Å². The first-order valence-electron chi connectivity index (χ1n) is 3.09. The molecule has 0 heterocycles. The van der Waals surface area contributed by atoms with Gasteiger partial charge < -0.3 is 0 Å². The molecule has 3 heteroatoms. The van der Waals surface area contributed by atoms with E-state index in [9.17, 15) is 0 Å². The Morgan fingerprint density at radius 3 is 1.70 bits per heavy atom. The summed E-state index contributed by atoms with van der Waals surface area (Å²) in [4.78, 5) is 0. The molecule has 0 saturated carbocycles. The molecule has 0 spiro atoms. The normalized spacial score (nSPS) is 10.4. The molecule has 0 bridgehead atoms. The SMILES string of the molecule is C[SiH](Cl)Cl.c1cc2cc-2c1. The zero-order valence-electron chi connectivity index (χ0n) is 5.64. The van der Waals surface area contributed by atoms with Gasteiger partial charge in [-0.05, 0) is 23.7 Å². The summed E-state index contributed by atoms with van der Waals surface area (Å²) in [5.41, 5.74) is 2.85. The van der Waals surface area contributed by atoms with Gasteiger partial charge in [0.05, 0.1) is 0 Å². The Morgan fingerprint density at radius 1 is 1.20 bits per heavy atom. The number of fused-ring (bicyclic) bond motifs is 1. The third-order valence-corrected chi connectivity index (χ3v) is 1.11. The van der Waals surface area contributed by atoms with Crippen LogP contribution in [0.3, 0.4) is 0 Å². The van der Waals surface area contributed by atoms with Crippen molar-refractivity contribution >= 4 is 29.6 Å². The molecule has 0 amide bonds. The zero-order valence-corrected chi connectivity index (χ0v) is 8.31. The highest BCUT2D eigenvalue weighted by Crippen LogP contribution is 2.32. The van der Waals surface area contributed by atoms with Crippen LogP contribution >= 0.6 is 22.2 Å². The lowest BCUT2D eigenvalue weighted by atomic mass is 10.6. The number of hydrogen-bond acceptors (Lipinski definition) is 0. The van der Waals surface area contributed by atoms with E-state index in [1.165, 1.54) is 11.1 Å². The first-order valence-corrected chi connectivity index (χ1v) is 7.73. The lowest BCUT2D eigenvalue weighted by Crippen LogP contribution is -1.72. The van der Waals surface area contributed by atoms with Crippen LogP contribution in [0.1, 0.15) is 0 Å². The van der Waals surface area contributed by atoms with E-state index in [4.69, 9.17) is 22.2 Å². The van der Waals surface area contributed by atoms with Crippen LogP contribution in [0.5, 0.6) is 0 Å². The third-order valence-electron chi connectivity index (χ3n) is 1.11. The van der Waals surface area contributed by atoms with Gasteiger partial charge in [0.1, 0.15) is 0 Å². The van der Waals surface area contributed by atoms with E-state index < -0.39 is 7.42 Å². The first-order chi connectivity index (χ1) is 4.70. The Morgan fingerprint density at radius 2 is 1.60 bits per heavy atom. The summed E-state index contributed by atoms with van der Waals surface area (Å²) < 4.78 is 0. The van der Waals surface area contributed by atoms with E-state index in [0.717, 1.165) is 0 Å². The van der Waals surface area contributed by atoms with Crippen LogP contribution in [-0.2, 0) is 0 Å². The van der Waals surface area contributed by atoms with E-state index >= 15 is 0 Å². The molecule has 0 N–H and O–H groups in total. The summed E-state index contributed by atoms with van der Waals surface area (Å²) in [6.45, 7) is 1.84. The van der Waals surface area contributed by atoms with Crippen LogP contribution in [0.15, 0.2) is 24.3 Å². The van der Waals surface area contributed by atoms with Gasteiger partial charge in [-0.15, -0.1) is 0 Å². The van der Waals surface area contributed by atoms with E-state index in [0.29, 0.717) is 0 Å². The van der Waals surface area contributed by atoms with Crippen LogP contribution in [-0.4, -0.2) is 7.42 Å². The molecule has 0 unspecified atom stereocenters. The standard InChI is InChI=1S/C6H4.CH4Cl2Si/c1-2-5-4-6(5)3-1;1-4(2)3/h1-4H;4H,1H3. The van der Waals surface area contributed by atoms with E-state index in [1.54, 1.807) is 0 Å². The predicted molar refractivity (Wildman–Crippen MR) is 50.2 cm³/mol. The molecule has 54 valence electrons. The number of benzene rings is 1. The van der Waals surface area contributed by atoms with Crippen molar-refractivity contribution in [1.29, 1.82) is 0 Å². The Balaban J connectivity index is 0.000000112. The van der Waals surface area contributed by atoms with Crippen molar-refractivity contribution in [2.45, 2.75) is 6.55 Å². The molecule has 0 atom stereocenters. The van der Waals surface area contributed by atoms with Crippen LogP contribution in [0.4, 0.5) is 0 Å². The highest BCUT2D eigenvalue weighted by Gasteiger charge is 2.06. The van der Waals surface area contributed by atoms with Gasteiger partial charge in [-0.2, -0.15) is 22.2 Å². The summed E-state index contributed by atoms with van der Waals surface area (Å²) in [5, 5.41) is 0. The summed E-state index contributed by atoms with van der Waals surface area (Å²) in [6.07, 6.45) is 0. The molecule has 2 aliphatic rings. The molecule has 0 radical (unpaired) electrons. The average Bonchev–Trinajstić information content (AvgIpc) is 2.40. The van der Waals surface area contributed by atoms with E-state index in [2.05, 4.69) is 24.3 Å². The molecular weight excluding hydrogens is 183 g/mol. The van der Waals surface area contributed by atoms with Crippen LogP contribution in [0, 0.1) is 0 Å². The molecule has 0 fully saturated rings. The van der Waals surface area contributed by atoms with Crippen LogP contribution in [0.2, 0.25) is 6.55 Å². The van der Waals surface area contributed by atoms with Crippen molar-refractivity contribution in [3.05, 3.63) is 24.3 Å². The van der Waals surface area contributed by atoms with Crippen molar-refractivity contribution < 1.29 is 0 Å². The van der Waals surface area contributed by atoms with E-state index in [1.807, 2.05) is 6.55 Å². The Kier molecular flexibility index (Phi) is 2.78. The fourth-order valence-corrected chi connectivity index (χ4v) is 0.676. The van der Waals surface area contributed by atoms with Crippen molar-refractivity contribution in [1.82, 2.24) is 0 Å². The maximum absolute atomic E-state index is 5.18. The first kappa shape index (κ1) is 8.12. The van der Waals surface area contributed by atoms with Gasteiger partial charge >= 0.3 is 0 Å². The van der Waals surface area contributed by atoms with Gasteiger partial charge in [0.2, 0.25) is 7.42 Å². The van der Waals surface area contributed by atoms with Crippen molar-refractivity contribution in [2.24, 2.45) is 0 Å². The lowest BCUT2D eigenvalue weighted by molar-refractivity contribution is 2.01. The lowest BCUT2D eigenvalue weighted by Gasteiger charge is -1.68. The minimum Gasteiger partial charge on any atom is -0.151 e. The Bertz CT molecular complexity index is 203. The molecule has 0 saturated heterocycles. The summed E-state index contributed by atoms with van der Waals surface area (Å²) in [5.74, 6) is 0. The van der Waals surface area contributed by atoms with Crippen molar-refractivity contribution in [3.8, 4) is 11.1 Å². The molecule has 0 aromatic rings. The van der Waals surface area contributed by atoms with Gasteiger partial charge in [-0.25, -0.2) is 0 Å².